The van der Waals surface area contributed by atoms with E-state index in [1.54, 1.807) is 11.7 Å². The number of hydrogen-bond donors (Lipinski definition) is 0. The number of rotatable bonds is 2. The van der Waals surface area contributed by atoms with Crippen LogP contribution in [0.15, 0.2) is 22.7 Å². The molecule has 0 atom stereocenters. The van der Waals surface area contributed by atoms with E-state index in [9.17, 15) is 8.78 Å². The predicted octanol–water partition coefficient (Wildman–Crippen LogP) is 3.69. The standard InChI is InChI=1S/C12H11BrF2N2/c1-3-10-11(13)12(16-17(10)2)8-6-7(14)4-5-9(8)15/h4-6H,3H2,1-2H3. The fourth-order valence-corrected chi connectivity index (χ4v) is 2.60. The average Bonchev–Trinajstić information content (AvgIpc) is 2.57. The van der Waals surface area contributed by atoms with Crippen molar-refractivity contribution in [2.24, 2.45) is 7.05 Å². The van der Waals surface area contributed by atoms with Gasteiger partial charge in [0.15, 0.2) is 0 Å². The quantitative estimate of drug-likeness (QED) is 0.827. The lowest BCUT2D eigenvalue weighted by Crippen LogP contribution is -1.96. The fraction of sp³-hybridized carbons (Fsp3) is 0.250. The number of aromatic nitrogens is 2. The Balaban J connectivity index is 2.64. The summed E-state index contributed by atoms with van der Waals surface area (Å²) in [6, 6.07) is 3.36. The van der Waals surface area contributed by atoms with Gasteiger partial charge in [-0.1, -0.05) is 6.92 Å². The Kier molecular flexibility index (Phi) is 3.28. The van der Waals surface area contributed by atoms with E-state index in [1.165, 1.54) is 0 Å². The lowest BCUT2D eigenvalue weighted by molar-refractivity contribution is 0.602. The Bertz CT molecular complexity index is 564. The molecule has 2 aromatic rings. The van der Waals surface area contributed by atoms with Gasteiger partial charge in [0.1, 0.15) is 17.3 Å². The molecule has 0 N–H and O–H groups in total. The Morgan fingerprint density at radius 1 is 1.35 bits per heavy atom. The Labute approximate surface area is 106 Å². The molecule has 90 valence electrons. The van der Waals surface area contributed by atoms with Gasteiger partial charge in [0, 0.05) is 12.6 Å². The average molecular weight is 301 g/mol. The molecule has 1 aromatic carbocycles. The van der Waals surface area contributed by atoms with Crippen molar-refractivity contribution in [1.82, 2.24) is 9.78 Å². The first-order chi connectivity index (χ1) is 8.04. The van der Waals surface area contributed by atoms with Crippen LogP contribution in [0, 0.1) is 11.6 Å². The van der Waals surface area contributed by atoms with Crippen molar-refractivity contribution in [2.45, 2.75) is 13.3 Å². The molecule has 0 aliphatic heterocycles. The SMILES string of the molecule is CCc1c(Br)c(-c2cc(F)ccc2F)nn1C. The molecule has 0 fully saturated rings. The molecule has 0 saturated carbocycles. The monoisotopic (exact) mass is 300 g/mol. The summed E-state index contributed by atoms with van der Waals surface area (Å²) in [6.07, 6.45) is 0.765. The molecular formula is C12H11BrF2N2. The molecule has 0 bridgehead atoms. The second kappa shape index (κ2) is 4.56. The van der Waals surface area contributed by atoms with Crippen molar-refractivity contribution in [3.05, 3.63) is 40.0 Å². The molecule has 0 radical (unpaired) electrons. The van der Waals surface area contributed by atoms with Crippen LogP contribution in [-0.2, 0) is 13.5 Å². The summed E-state index contributed by atoms with van der Waals surface area (Å²) in [5.74, 6) is -0.954. The minimum Gasteiger partial charge on any atom is -0.271 e. The summed E-state index contributed by atoms with van der Waals surface area (Å²) < 4.78 is 29.2. The molecule has 5 heteroatoms. The van der Waals surface area contributed by atoms with Crippen LogP contribution in [0.4, 0.5) is 8.78 Å². The van der Waals surface area contributed by atoms with Crippen molar-refractivity contribution < 1.29 is 8.78 Å². The summed E-state index contributed by atoms with van der Waals surface area (Å²) in [5.41, 5.74) is 1.55. The zero-order valence-corrected chi connectivity index (χ0v) is 11.1. The topological polar surface area (TPSA) is 17.8 Å². The number of benzene rings is 1. The second-order valence-corrected chi connectivity index (χ2v) is 4.50. The van der Waals surface area contributed by atoms with Crippen LogP contribution >= 0.6 is 15.9 Å². The van der Waals surface area contributed by atoms with Gasteiger partial charge in [0.2, 0.25) is 0 Å². The normalized spacial score (nSPS) is 10.9. The zero-order valence-electron chi connectivity index (χ0n) is 9.47. The van der Waals surface area contributed by atoms with Crippen molar-refractivity contribution in [3.63, 3.8) is 0 Å². The Morgan fingerprint density at radius 2 is 2.06 bits per heavy atom. The lowest BCUT2D eigenvalue weighted by Gasteiger charge is -2.00. The minimum atomic E-state index is -0.479. The maximum atomic E-state index is 13.6. The van der Waals surface area contributed by atoms with Gasteiger partial charge in [-0.3, -0.25) is 4.68 Å². The third-order valence-corrected chi connectivity index (χ3v) is 3.45. The Hall–Kier alpha value is -1.23. The molecule has 1 heterocycles. The predicted molar refractivity (Wildman–Crippen MR) is 65.6 cm³/mol. The molecule has 0 saturated heterocycles. The van der Waals surface area contributed by atoms with Crippen molar-refractivity contribution in [3.8, 4) is 11.3 Å². The highest BCUT2D eigenvalue weighted by Crippen LogP contribution is 2.32. The first kappa shape index (κ1) is 12.2. The van der Waals surface area contributed by atoms with Crippen molar-refractivity contribution in [1.29, 1.82) is 0 Å². The van der Waals surface area contributed by atoms with Crippen LogP contribution in [-0.4, -0.2) is 9.78 Å². The molecule has 2 rings (SSSR count). The van der Waals surface area contributed by atoms with Crippen molar-refractivity contribution >= 4 is 15.9 Å². The maximum absolute atomic E-state index is 13.6. The molecule has 1 aromatic heterocycles. The van der Waals surface area contributed by atoms with Crippen LogP contribution in [0.2, 0.25) is 0 Å². The van der Waals surface area contributed by atoms with Gasteiger partial charge in [-0.15, -0.1) is 0 Å². The third-order valence-electron chi connectivity index (χ3n) is 2.62. The van der Waals surface area contributed by atoms with E-state index >= 15 is 0 Å². The van der Waals surface area contributed by atoms with Gasteiger partial charge >= 0.3 is 0 Å². The number of aryl methyl sites for hydroxylation is 1. The molecular weight excluding hydrogens is 290 g/mol. The van der Waals surface area contributed by atoms with Crippen LogP contribution in [0.1, 0.15) is 12.6 Å². The molecule has 2 nitrogen and oxygen atoms in total. The van der Waals surface area contributed by atoms with Gasteiger partial charge in [-0.2, -0.15) is 5.10 Å². The van der Waals surface area contributed by atoms with Gasteiger partial charge in [0.25, 0.3) is 0 Å². The number of nitrogens with zero attached hydrogens (tertiary/aromatic N) is 2. The van der Waals surface area contributed by atoms with Crippen LogP contribution in [0.25, 0.3) is 11.3 Å². The first-order valence-corrected chi connectivity index (χ1v) is 6.00. The molecule has 0 amide bonds. The summed E-state index contributed by atoms with van der Waals surface area (Å²) in [5, 5.41) is 4.22. The first-order valence-electron chi connectivity index (χ1n) is 5.21. The highest BCUT2D eigenvalue weighted by molar-refractivity contribution is 9.10. The minimum absolute atomic E-state index is 0.173. The van der Waals surface area contributed by atoms with Gasteiger partial charge in [-0.25, -0.2) is 8.78 Å². The summed E-state index contributed by atoms with van der Waals surface area (Å²) in [7, 11) is 1.78. The molecule has 0 aliphatic carbocycles. The fourth-order valence-electron chi connectivity index (χ4n) is 1.77. The number of hydrogen-bond acceptors (Lipinski definition) is 1. The van der Waals surface area contributed by atoms with Gasteiger partial charge in [-0.05, 0) is 40.5 Å². The molecule has 0 unspecified atom stereocenters. The van der Waals surface area contributed by atoms with Gasteiger partial charge < -0.3 is 0 Å². The van der Waals surface area contributed by atoms with E-state index in [4.69, 9.17) is 0 Å². The molecule has 0 spiro atoms. The Morgan fingerprint density at radius 3 is 2.65 bits per heavy atom. The van der Waals surface area contributed by atoms with Crippen LogP contribution < -0.4 is 0 Å². The number of halogens is 3. The summed E-state index contributed by atoms with van der Waals surface area (Å²) in [6.45, 7) is 1.98. The van der Waals surface area contributed by atoms with Gasteiger partial charge in [0.05, 0.1) is 10.2 Å². The highest BCUT2D eigenvalue weighted by atomic mass is 79.9. The van der Waals surface area contributed by atoms with E-state index in [2.05, 4.69) is 21.0 Å². The van der Waals surface area contributed by atoms with E-state index in [0.717, 1.165) is 30.3 Å². The lowest BCUT2D eigenvalue weighted by atomic mass is 10.1. The van der Waals surface area contributed by atoms with E-state index in [0.29, 0.717) is 10.2 Å². The summed E-state index contributed by atoms with van der Waals surface area (Å²) in [4.78, 5) is 0. The van der Waals surface area contributed by atoms with E-state index in [-0.39, 0.29) is 5.56 Å². The smallest absolute Gasteiger partial charge is 0.132 e. The van der Waals surface area contributed by atoms with Crippen LogP contribution in [0.3, 0.4) is 0 Å². The zero-order chi connectivity index (χ0) is 12.6. The third kappa shape index (κ3) is 2.11. The summed E-state index contributed by atoms with van der Waals surface area (Å²) >= 11 is 3.39. The van der Waals surface area contributed by atoms with E-state index in [1.807, 2.05) is 6.92 Å². The van der Waals surface area contributed by atoms with E-state index < -0.39 is 11.6 Å². The highest BCUT2D eigenvalue weighted by Gasteiger charge is 2.17. The van der Waals surface area contributed by atoms with Crippen LogP contribution in [0.5, 0.6) is 0 Å². The second-order valence-electron chi connectivity index (χ2n) is 3.71. The molecule has 17 heavy (non-hydrogen) atoms. The molecule has 0 aliphatic rings. The largest absolute Gasteiger partial charge is 0.271 e. The maximum Gasteiger partial charge on any atom is 0.132 e. The van der Waals surface area contributed by atoms with Crippen molar-refractivity contribution in [2.75, 3.05) is 0 Å².